The van der Waals surface area contributed by atoms with Crippen LogP contribution in [0.3, 0.4) is 0 Å². The number of nitrogens with two attached hydrogens (primary N) is 1. The van der Waals surface area contributed by atoms with Crippen molar-refractivity contribution < 1.29 is 9.72 Å². The summed E-state index contributed by atoms with van der Waals surface area (Å²) in [5.74, 6) is 0.176. The molecule has 0 radical (unpaired) electrons. The van der Waals surface area contributed by atoms with Crippen LogP contribution in [0.4, 0.5) is 5.69 Å². The molecule has 6 nitrogen and oxygen atoms in total. The number of carbonyl (C=O) groups is 1. The molecule has 0 aliphatic carbocycles. The Morgan fingerprint density at radius 2 is 2.17 bits per heavy atom. The van der Waals surface area contributed by atoms with E-state index >= 15 is 0 Å². The zero-order chi connectivity index (χ0) is 17.9. The topological polar surface area (TPSA) is 89.5 Å². The Morgan fingerprint density at radius 1 is 1.46 bits per heavy atom. The summed E-state index contributed by atoms with van der Waals surface area (Å²) in [5, 5.41) is 11.1. The minimum absolute atomic E-state index is 0.177. The summed E-state index contributed by atoms with van der Waals surface area (Å²) in [7, 11) is 0. The lowest BCUT2D eigenvalue weighted by Gasteiger charge is -2.36. The van der Waals surface area contributed by atoms with Crippen LogP contribution >= 0.6 is 0 Å². The number of likely N-dealkylation sites (tertiary alicyclic amines) is 1. The highest BCUT2D eigenvalue weighted by molar-refractivity contribution is 5.79. The molecule has 0 bridgehead atoms. The number of nitro benzene ring substituents is 1. The van der Waals surface area contributed by atoms with Crippen LogP contribution in [-0.4, -0.2) is 28.8 Å². The van der Waals surface area contributed by atoms with E-state index in [1.807, 2.05) is 26.0 Å². The standard InChI is InChI=1S/C18H27N3O3/c1-13-6-7-14(9-16(13)21(23)24)11-20-8-4-5-15(12-20)10-18(2,3)17(19)22/h6-7,9,15H,4-5,8,10-12H2,1-3H3,(H2,19,22). The summed E-state index contributed by atoms with van der Waals surface area (Å²) in [6, 6.07) is 5.44. The molecule has 1 heterocycles. The average Bonchev–Trinajstić information content (AvgIpc) is 2.48. The molecule has 1 saturated heterocycles. The first-order valence-corrected chi connectivity index (χ1v) is 8.45. The van der Waals surface area contributed by atoms with Gasteiger partial charge in [0.2, 0.25) is 5.91 Å². The van der Waals surface area contributed by atoms with Gasteiger partial charge in [0.25, 0.3) is 5.69 Å². The number of nitro groups is 1. The molecule has 0 spiro atoms. The molecule has 1 fully saturated rings. The number of hydrogen-bond acceptors (Lipinski definition) is 4. The van der Waals surface area contributed by atoms with Crippen LogP contribution in [0, 0.1) is 28.4 Å². The van der Waals surface area contributed by atoms with Gasteiger partial charge < -0.3 is 5.73 Å². The van der Waals surface area contributed by atoms with E-state index in [-0.39, 0.29) is 16.5 Å². The van der Waals surface area contributed by atoms with E-state index in [9.17, 15) is 14.9 Å². The van der Waals surface area contributed by atoms with Crippen molar-refractivity contribution in [3.8, 4) is 0 Å². The first kappa shape index (κ1) is 18.4. The van der Waals surface area contributed by atoms with Crippen molar-refractivity contribution >= 4 is 11.6 Å². The fourth-order valence-corrected chi connectivity index (χ4v) is 3.49. The molecular formula is C18H27N3O3. The SMILES string of the molecule is Cc1ccc(CN2CCCC(CC(C)(C)C(N)=O)C2)cc1[N+](=O)[O-]. The molecule has 2 N–H and O–H groups in total. The Kier molecular flexibility index (Phi) is 5.59. The van der Waals surface area contributed by atoms with Gasteiger partial charge in [-0.25, -0.2) is 0 Å². The van der Waals surface area contributed by atoms with Crippen molar-refractivity contribution in [1.29, 1.82) is 0 Å². The van der Waals surface area contributed by atoms with E-state index in [0.717, 1.165) is 37.9 Å². The minimum Gasteiger partial charge on any atom is -0.369 e. The molecule has 1 aliphatic heterocycles. The van der Waals surface area contributed by atoms with Crippen LogP contribution in [0.1, 0.15) is 44.2 Å². The lowest BCUT2D eigenvalue weighted by atomic mass is 9.79. The third-order valence-electron chi connectivity index (χ3n) is 4.95. The minimum atomic E-state index is -0.490. The molecule has 132 valence electrons. The van der Waals surface area contributed by atoms with Crippen molar-refractivity contribution in [2.24, 2.45) is 17.1 Å². The predicted octanol–water partition coefficient (Wildman–Crippen LogP) is 3.02. The summed E-state index contributed by atoms with van der Waals surface area (Å²) >= 11 is 0. The Hall–Kier alpha value is -1.95. The van der Waals surface area contributed by atoms with Gasteiger partial charge in [-0.1, -0.05) is 26.0 Å². The van der Waals surface area contributed by atoms with Gasteiger partial charge in [-0.3, -0.25) is 19.8 Å². The third-order valence-corrected chi connectivity index (χ3v) is 4.95. The van der Waals surface area contributed by atoms with Crippen molar-refractivity contribution in [2.75, 3.05) is 13.1 Å². The molecule has 1 aliphatic rings. The number of aryl methyl sites for hydroxylation is 1. The fraction of sp³-hybridized carbons (Fsp3) is 0.611. The van der Waals surface area contributed by atoms with Crippen molar-refractivity contribution in [1.82, 2.24) is 4.90 Å². The molecule has 1 atom stereocenters. The number of hydrogen-bond donors (Lipinski definition) is 1. The molecule has 1 aromatic carbocycles. The zero-order valence-corrected chi connectivity index (χ0v) is 14.7. The summed E-state index contributed by atoms with van der Waals surface area (Å²) in [5.41, 5.74) is 6.82. The van der Waals surface area contributed by atoms with Crippen molar-refractivity contribution in [2.45, 2.75) is 46.6 Å². The van der Waals surface area contributed by atoms with Crippen molar-refractivity contribution in [3.05, 3.63) is 39.4 Å². The van der Waals surface area contributed by atoms with Gasteiger partial charge in [0.1, 0.15) is 0 Å². The van der Waals surface area contributed by atoms with Gasteiger partial charge in [0.05, 0.1) is 4.92 Å². The molecule has 1 unspecified atom stereocenters. The van der Waals surface area contributed by atoms with Gasteiger partial charge in [-0.05, 0) is 44.2 Å². The smallest absolute Gasteiger partial charge is 0.272 e. The summed E-state index contributed by atoms with van der Waals surface area (Å²) in [6.07, 6.45) is 2.96. The average molecular weight is 333 g/mol. The van der Waals surface area contributed by atoms with E-state index in [2.05, 4.69) is 4.90 Å². The maximum absolute atomic E-state index is 11.5. The quantitative estimate of drug-likeness (QED) is 0.640. The summed E-state index contributed by atoms with van der Waals surface area (Å²) < 4.78 is 0. The molecule has 1 amide bonds. The molecule has 0 aromatic heterocycles. The Bertz CT molecular complexity index is 628. The van der Waals surface area contributed by atoms with E-state index in [4.69, 9.17) is 5.73 Å². The van der Waals surface area contributed by atoms with E-state index in [1.165, 1.54) is 0 Å². The van der Waals surface area contributed by atoms with E-state index in [0.29, 0.717) is 18.0 Å². The first-order valence-electron chi connectivity index (χ1n) is 8.45. The van der Waals surface area contributed by atoms with Crippen LogP contribution in [0.25, 0.3) is 0 Å². The number of piperidine rings is 1. The molecule has 2 rings (SSSR count). The lowest BCUT2D eigenvalue weighted by molar-refractivity contribution is -0.385. The lowest BCUT2D eigenvalue weighted by Crippen LogP contribution is -2.40. The fourth-order valence-electron chi connectivity index (χ4n) is 3.49. The van der Waals surface area contributed by atoms with Crippen LogP contribution < -0.4 is 5.73 Å². The van der Waals surface area contributed by atoms with Gasteiger partial charge in [0.15, 0.2) is 0 Å². The van der Waals surface area contributed by atoms with Gasteiger partial charge >= 0.3 is 0 Å². The number of amides is 1. The molecule has 0 saturated carbocycles. The van der Waals surface area contributed by atoms with Gasteiger partial charge in [0, 0.05) is 30.1 Å². The number of benzene rings is 1. The molecule has 24 heavy (non-hydrogen) atoms. The van der Waals surface area contributed by atoms with E-state index in [1.54, 1.807) is 13.0 Å². The summed E-state index contributed by atoms with van der Waals surface area (Å²) in [4.78, 5) is 24.6. The van der Waals surface area contributed by atoms with Gasteiger partial charge in [-0.15, -0.1) is 0 Å². The maximum atomic E-state index is 11.5. The van der Waals surface area contributed by atoms with E-state index < -0.39 is 5.41 Å². The summed E-state index contributed by atoms with van der Waals surface area (Å²) in [6.45, 7) is 8.14. The first-order chi connectivity index (χ1) is 11.2. The maximum Gasteiger partial charge on any atom is 0.272 e. The predicted molar refractivity (Wildman–Crippen MR) is 93.4 cm³/mol. The zero-order valence-electron chi connectivity index (χ0n) is 14.7. The highest BCUT2D eigenvalue weighted by Crippen LogP contribution is 2.31. The van der Waals surface area contributed by atoms with Gasteiger partial charge in [-0.2, -0.15) is 0 Å². The molecule has 1 aromatic rings. The second-order valence-electron chi connectivity index (χ2n) is 7.57. The Morgan fingerprint density at radius 3 is 2.79 bits per heavy atom. The number of carbonyl (C=O) groups excluding carboxylic acids is 1. The normalized spacial score (nSPS) is 19.2. The highest BCUT2D eigenvalue weighted by Gasteiger charge is 2.31. The molecular weight excluding hydrogens is 306 g/mol. The highest BCUT2D eigenvalue weighted by atomic mass is 16.6. The largest absolute Gasteiger partial charge is 0.369 e. The number of rotatable bonds is 6. The van der Waals surface area contributed by atoms with Crippen LogP contribution in [-0.2, 0) is 11.3 Å². The third kappa shape index (κ3) is 4.54. The van der Waals surface area contributed by atoms with Crippen molar-refractivity contribution in [3.63, 3.8) is 0 Å². The monoisotopic (exact) mass is 333 g/mol. The second-order valence-corrected chi connectivity index (χ2v) is 7.57. The van der Waals surface area contributed by atoms with Crippen LogP contribution in [0.2, 0.25) is 0 Å². The van der Waals surface area contributed by atoms with Crippen LogP contribution in [0.15, 0.2) is 18.2 Å². The number of nitrogens with zero attached hydrogens (tertiary/aromatic N) is 2. The second kappa shape index (κ2) is 7.30. The molecule has 6 heteroatoms. The van der Waals surface area contributed by atoms with Crippen LogP contribution in [0.5, 0.6) is 0 Å². The Balaban J connectivity index is 2.02. The Labute approximate surface area is 143 Å². The number of primary amides is 1.